The number of carbonyl (C=O) groups excluding carboxylic acids is 1. The van der Waals surface area contributed by atoms with Crippen LogP contribution in [0.1, 0.15) is 11.1 Å². The quantitative estimate of drug-likeness (QED) is 0.407. The molecule has 0 aliphatic carbocycles. The SMILES string of the molecule is Cc1cc(CN=C=O)cc(O)c1O. The first-order chi connectivity index (χ1) is 6.15. The molecule has 0 heterocycles. The van der Waals surface area contributed by atoms with Crippen molar-refractivity contribution in [3.63, 3.8) is 0 Å². The first-order valence-corrected chi connectivity index (χ1v) is 3.70. The number of nitrogens with zero attached hydrogens (tertiary/aromatic N) is 1. The van der Waals surface area contributed by atoms with Gasteiger partial charge in [-0.05, 0) is 24.1 Å². The Kier molecular flexibility index (Phi) is 2.67. The molecule has 1 aromatic rings. The molecular formula is C9H9NO3. The molecule has 0 amide bonds. The van der Waals surface area contributed by atoms with Crippen LogP contribution in [-0.2, 0) is 11.3 Å². The Morgan fingerprint density at radius 2 is 2.15 bits per heavy atom. The Labute approximate surface area is 75.2 Å². The van der Waals surface area contributed by atoms with Crippen LogP contribution in [-0.4, -0.2) is 16.3 Å². The Bertz CT molecular complexity index is 344. The van der Waals surface area contributed by atoms with Crippen LogP contribution in [0.25, 0.3) is 0 Å². The summed E-state index contributed by atoms with van der Waals surface area (Å²) >= 11 is 0. The lowest BCUT2D eigenvalue weighted by atomic mass is 10.1. The summed E-state index contributed by atoms with van der Waals surface area (Å²) in [6.45, 7) is 1.82. The molecule has 0 aliphatic heterocycles. The number of hydrogen-bond acceptors (Lipinski definition) is 4. The molecule has 4 heteroatoms. The van der Waals surface area contributed by atoms with Crippen molar-refractivity contribution in [2.24, 2.45) is 4.99 Å². The lowest BCUT2D eigenvalue weighted by Gasteiger charge is -2.03. The fourth-order valence-electron chi connectivity index (χ4n) is 1.05. The molecule has 0 saturated heterocycles. The fourth-order valence-corrected chi connectivity index (χ4v) is 1.05. The van der Waals surface area contributed by atoms with E-state index in [-0.39, 0.29) is 18.0 Å². The van der Waals surface area contributed by atoms with Crippen molar-refractivity contribution in [3.05, 3.63) is 23.3 Å². The third-order valence-electron chi connectivity index (χ3n) is 1.67. The molecule has 1 aromatic carbocycles. The van der Waals surface area contributed by atoms with E-state index >= 15 is 0 Å². The Balaban J connectivity index is 3.05. The maximum Gasteiger partial charge on any atom is 0.235 e. The van der Waals surface area contributed by atoms with Crippen LogP contribution in [0.5, 0.6) is 11.5 Å². The van der Waals surface area contributed by atoms with Crippen LogP contribution in [0.4, 0.5) is 0 Å². The minimum Gasteiger partial charge on any atom is -0.504 e. The Morgan fingerprint density at radius 3 is 2.69 bits per heavy atom. The minimum absolute atomic E-state index is 0.140. The number of aryl methyl sites for hydroxylation is 1. The minimum atomic E-state index is -0.198. The highest BCUT2D eigenvalue weighted by Crippen LogP contribution is 2.29. The van der Waals surface area contributed by atoms with Crippen molar-refractivity contribution in [1.29, 1.82) is 0 Å². The second-order valence-electron chi connectivity index (χ2n) is 2.69. The van der Waals surface area contributed by atoms with Crippen LogP contribution in [0.2, 0.25) is 0 Å². The highest BCUT2D eigenvalue weighted by Gasteiger charge is 2.04. The van der Waals surface area contributed by atoms with Gasteiger partial charge in [-0.2, -0.15) is 0 Å². The van der Waals surface area contributed by atoms with Crippen molar-refractivity contribution in [3.8, 4) is 11.5 Å². The van der Waals surface area contributed by atoms with Gasteiger partial charge in [0, 0.05) is 0 Å². The number of benzene rings is 1. The first-order valence-electron chi connectivity index (χ1n) is 3.70. The van der Waals surface area contributed by atoms with E-state index in [4.69, 9.17) is 0 Å². The van der Waals surface area contributed by atoms with Crippen LogP contribution >= 0.6 is 0 Å². The molecule has 0 aliphatic rings. The van der Waals surface area contributed by atoms with Crippen molar-refractivity contribution in [1.82, 2.24) is 0 Å². The van der Waals surface area contributed by atoms with Crippen LogP contribution in [0.3, 0.4) is 0 Å². The van der Waals surface area contributed by atoms with E-state index in [1.54, 1.807) is 13.0 Å². The van der Waals surface area contributed by atoms with E-state index in [2.05, 4.69) is 4.99 Å². The number of isocyanates is 1. The molecule has 0 spiro atoms. The van der Waals surface area contributed by atoms with Gasteiger partial charge in [-0.25, -0.2) is 9.79 Å². The van der Waals surface area contributed by atoms with E-state index in [0.29, 0.717) is 11.1 Å². The van der Waals surface area contributed by atoms with Gasteiger partial charge in [0.1, 0.15) is 0 Å². The maximum atomic E-state index is 9.81. The molecule has 0 aromatic heterocycles. The number of aromatic hydroxyl groups is 2. The second-order valence-corrected chi connectivity index (χ2v) is 2.69. The summed E-state index contributed by atoms with van der Waals surface area (Å²) in [6.07, 6.45) is 1.40. The van der Waals surface area contributed by atoms with Gasteiger partial charge in [0.15, 0.2) is 11.5 Å². The van der Waals surface area contributed by atoms with Gasteiger partial charge in [-0.15, -0.1) is 0 Å². The van der Waals surface area contributed by atoms with Gasteiger partial charge in [0.2, 0.25) is 6.08 Å². The summed E-state index contributed by atoms with van der Waals surface area (Å²) in [5, 5.41) is 18.4. The summed E-state index contributed by atoms with van der Waals surface area (Å²) in [5.74, 6) is -0.338. The van der Waals surface area contributed by atoms with Crippen LogP contribution < -0.4 is 0 Å². The van der Waals surface area contributed by atoms with Gasteiger partial charge in [0.05, 0.1) is 6.54 Å². The Hall–Kier alpha value is -1.80. The lowest BCUT2D eigenvalue weighted by Crippen LogP contribution is -1.84. The van der Waals surface area contributed by atoms with Gasteiger partial charge in [-0.3, -0.25) is 0 Å². The lowest BCUT2D eigenvalue weighted by molar-refractivity contribution is 0.400. The zero-order valence-electron chi connectivity index (χ0n) is 7.11. The predicted octanol–water partition coefficient (Wildman–Crippen LogP) is 1.24. The van der Waals surface area contributed by atoms with Gasteiger partial charge < -0.3 is 10.2 Å². The van der Waals surface area contributed by atoms with E-state index in [9.17, 15) is 15.0 Å². The summed E-state index contributed by atoms with van der Waals surface area (Å²) in [7, 11) is 0. The first kappa shape index (κ1) is 9.29. The molecule has 13 heavy (non-hydrogen) atoms. The predicted molar refractivity (Wildman–Crippen MR) is 46.3 cm³/mol. The zero-order chi connectivity index (χ0) is 9.84. The molecule has 68 valence electrons. The largest absolute Gasteiger partial charge is 0.504 e. The monoisotopic (exact) mass is 179 g/mol. The number of phenolic OH excluding ortho intramolecular Hbond substituents is 2. The van der Waals surface area contributed by atoms with Crippen LogP contribution in [0.15, 0.2) is 17.1 Å². The van der Waals surface area contributed by atoms with Crippen molar-refractivity contribution in [2.45, 2.75) is 13.5 Å². The molecule has 0 unspecified atom stereocenters. The number of hydrogen-bond donors (Lipinski definition) is 2. The molecule has 0 bridgehead atoms. The van der Waals surface area contributed by atoms with E-state index in [0.717, 1.165) is 0 Å². The number of aliphatic imine (C=N–C) groups is 1. The fraction of sp³-hybridized carbons (Fsp3) is 0.222. The molecule has 0 radical (unpaired) electrons. The van der Waals surface area contributed by atoms with E-state index < -0.39 is 0 Å². The van der Waals surface area contributed by atoms with E-state index in [1.165, 1.54) is 12.1 Å². The summed E-state index contributed by atoms with van der Waals surface area (Å²) in [5.41, 5.74) is 1.22. The van der Waals surface area contributed by atoms with Crippen molar-refractivity contribution < 1.29 is 15.0 Å². The van der Waals surface area contributed by atoms with Crippen molar-refractivity contribution in [2.75, 3.05) is 0 Å². The second kappa shape index (κ2) is 3.74. The summed E-state index contributed by atoms with van der Waals surface area (Å²) in [4.78, 5) is 13.2. The number of rotatable bonds is 2. The highest BCUT2D eigenvalue weighted by molar-refractivity contribution is 5.47. The molecule has 1 rings (SSSR count). The third-order valence-corrected chi connectivity index (χ3v) is 1.67. The zero-order valence-corrected chi connectivity index (χ0v) is 7.11. The third kappa shape index (κ3) is 2.07. The topological polar surface area (TPSA) is 69.9 Å². The van der Waals surface area contributed by atoms with Gasteiger partial charge >= 0.3 is 0 Å². The molecule has 4 nitrogen and oxygen atoms in total. The molecule has 0 saturated carbocycles. The normalized spacial score (nSPS) is 9.31. The highest BCUT2D eigenvalue weighted by atomic mass is 16.3. The van der Waals surface area contributed by atoms with Crippen LogP contribution in [0, 0.1) is 6.92 Å². The molecule has 0 atom stereocenters. The van der Waals surface area contributed by atoms with Gasteiger partial charge in [-0.1, -0.05) is 6.07 Å². The van der Waals surface area contributed by atoms with Crippen molar-refractivity contribution >= 4 is 6.08 Å². The maximum absolute atomic E-state index is 9.81. The summed E-state index contributed by atoms with van der Waals surface area (Å²) < 4.78 is 0. The van der Waals surface area contributed by atoms with E-state index in [1.807, 2.05) is 0 Å². The molecule has 0 fully saturated rings. The number of phenols is 2. The average Bonchev–Trinajstić information content (AvgIpc) is 2.10. The molecular weight excluding hydrogens is 170 g/mol. The summed E-state index contributed by atoms with van der Waals surface area (Å²) in [6, 6.07) is 3.01. The van der Waals surface area contributed by atoms with Gasteiger partial charge in [0.25, 0.3) is 0 Å². The smallest absolute Gasteiger partial charge is 0.235 e. The standard InChI is InChI=1S/C9H9NO3/c1-6-2-7(4-10-5-11)3-8(12)9(6)13/h2-3,12-13H,4H2,1H3. The Morgan fingerprint density at radius 1 is 1.46 bits per heavy atom. The average molecular weight is 179 g/mol. The molecule has 2 N–H and O–H groups in total.